The highest BCUT2D eigenvalue weighted by molar-refractivity contribution is 6.34. The molecule has 22 heavy (non-hydrogen) atoms. The summed E-state index contributed by atoms with van der Waals surface area (Å²) >= 11 is 11.8. The van der Waals surface area contributed by atoms with E-state index in [0.717, 1.165) is 0 Å². The normalized spacial score (nSPS) is 15.6. The summed E-state index contributed by atoms with van der Waals surface area (Å²) in [6, 6.07) is 4.82. The molecule has 1 aromatic carbocycles. The third kappa shape index (κ3) is 4.78. The first-order valence-electron chi connectivity index (χ1n) is 7.03. The quantitative estimate of drug-likeness (QED) is 0.890. The van der Waals surface area contributed by atoms with Crippen LogP contribution in [0.3, 0.4) is 0 Å². The van der Waals surface area contributed by atoms with Crippen molar-refractivity contribution in [1.29, 1.82) is 0 Å². The number of likely N-dealkylation sites (tertiary alicyclic amines) is 1. The van der Waals surface area contributed by atoms with E-state index in [1.165, 1.54) is 0 Å². The number of carbonyl (C=O) groups excluding carboxylic acids is 1. The summed E-state index contributed by atoms with van der Waals surface area (Å²) < 4.78 is 5.42. The minimum atomic E-state index is -0.788. The van der Waals surface area contributed by atoms with Gasteiger partial charge in [0.15, 0.2) is 6.61 Å². The molecule has 120 valence electrons. The first-order valence-corrected chi connectivity index (χ1v) is 7.78. The summed E-state index contributed by atoms with van der Waals surface area (Å²) in [6.45, 7) is 1.01. The van der Waals surface area contributed by atoms with Gasteiger partial charge in [-0.25, -0.2) is 0 Å². The monoisotopic (exact) mass is 345 g/mol. The fourth-order valence-electron chi connectivity index (χ4n) is 2.45. The maximum absolute atomic E-state index is 12.1. The van der Waals surface area contributed by atoms with Crippen LogP contribution in [0.2, 0.25) is 10.0 Å². The molecule has 2 rings (SSSR count). The molecule has 0 saturated carbocycles. The van der Waals surface area contributed by atoms with Crippen LogP contribution in [0.4, 0.5) is 0 Å². The van der Waals surface area contributed by atoms with Crippen LogP contribution in [-0.4, -0.2) is 41.6 Å². The van der Waals surface area contributed by atoms with Crippen molar-refractivity contribution >= 4 is 35.1 Å². The van der Waals surface area contributed by atoms with Crippen molar-refractivity contribution in [3.05, 3.63) is 28.2 Å². The van der Waals surface area contributed by atoms with Gasteiger partial charge in [-0.15, -0.1) is 0 Å². The zero-order valence-corrected chi connectivity index (χ0v) is 13.4. The van der Waals surface area contributed by atoms with Gasteiger partial charge in [-0.05, 0) is 30.9 Å². The van der Waals surface area contributed by atoms with Gasteiger partial charge in [-0.2, -0.15) is 0 Å². The maximum Gasteiger partial charge on any atom is 0.303 e. The van der Waals surface area contributed by atoms with Crippen molar-refractivity contribution in [2.75, 3.05) is 19.7 Å². The lowest BCUT2D eigenvalue weighted by Gasteiger charge is -2.31. The molecule has 1 aliphatic rings. The number of carboxylic acid groups (broad SMARTS) is 1. The number of amides is 1. The maximum atomic E-state index is 12.1. The smallest absolute Gasteiger partial charge is 0.303 e. The molecule has 0 spiro atoms. The first kappa shape index (κ1) is 16.9. The van der Waals surface area contributed by atoms with E-state index in [1.807, 2.05) is 0 Å². The second kappa shape index (κ2) is 7.70. The number of ether oxygens (including phenoxy) is 1. The molecular formula is C15H17Cl2NO4. The van der Waals surface area contributed by atoms with Gasteiger partial charge in [0.1, 0.15) is 5.75 Å². The lowest BCUT2D eigenvalue weighted by molar-refractivity contribution is -0.139. The Balaban J connectivity index is 1.81. The predicted octanol–water partition coefficient (Wildman–Crippen LogP) is 3.09. The number of hydrogen-bond acceptors (Lipinski definition) is 3. The molecule has 1 amide bonds. The largest absolute Gasteiger partial charge is 0.482 e. The van der Waals surface area contributed by atoms with Crippen LogP contribution in [0.25, 0.3) is 0 Å². The minimum Gasteiger partial charge on any atom is -0.482 e. The van der Waals surface area contributed by atoms with Crippen LogP contribution >= 0.6 is 23.2 Å². The topological polar surface area (TPSA) is 66.8 Å². The summed E-state index contributed by atoms with van der Waals surface area (Å²) in [7, 11) is 0. The van der Waals surface area contributed by atoms with Crippen molar-refractivity contribution < 1.29 is 19.4 Å². The van der Waals surface area contributed by atoms with Gasteiger partial charge in [-0.3, -0.25) is 9.59 Å². The zero-order valence-electron chi connectivity index (χ0n) is 11.9. The molecule has 7 heteroatoms. The third-order valence-electron chi connectivity index (χ3n) is 3.67. The molecule has 1 N–H and O–H groups in total. The van der Waals surface area contributed by atoms with Gasteiger partial charge in [0.25, 0.3) is 5.91 Å². The summed E-state index contributed by atoms with van der Waals surface area (Å²) in [6.07, 6.45) is 1.57. The van der Waals surface area contributed by atoms with Crippen LogP contribution in [0.1, 0.15) is 19.3 Å². The van der Waals surface area contributed by atoms with Crippen LogP contribution in [-0.2, 0) is 9.59 Å². The van der Waals surface area contributed by atoms with E-state index >= 15 is 0 Å². The molecule has 1 saturated heterocycles. The van der Waals surface area contributed by atoms with Crippen molar-refractivity contribution in [3.63, 3.8) is 0 Å². The van der Waals surface area contributed by atoms with E-state index in [4.69, 9.17) is 33.0 Å². The number of carboxylic acids is 1. The molecule has 5 nitrogen and oxygen atoms in total. The Hall–Kier alpha value is -1.46. The Morgan fingerprint density at radius 3 is 2.59 bits per heavy atom. The summed E-state index contributed by atoms with van der Waals surface area (Å²) in [5.41, 5.74) is 0. The van der Waals surface area contributed by atoms with Crippen LogP contribution in [0.5, 0.6) is 5.75 Å². The highest BCUT2D eigenvalue weighted by Crippen LogP contribution is 2.28. The molecule has 0 bridgehead atoms. The zero-order chi connectivity index (χ0) is 16.1. The highest BCUT2D eigenvalue weighted by atomic mass is 35.5. The number of piperidine rings is 1. The number of hydrogen-bond donors (Lipinski definition) is 1. The second-order valence-electron chi connectivity index (χ2n) is 5.29. The Bertz CT molecular complexity index is 556. The van der Waals surface area contributed by atoms with E-state index in [9.17, 15) is 9.59 Å². The van der Waals surface area contributed by atoms with Crippen LogP contribution < -0.4 is 4.74 Å². The molecule has 1 heterocycles. The SMILES string of the molecule is O=C(O)CC1CCN(C(=O)COc2cc(Cl)ccc2Cl)CC1. The molecule has 1 aromatic rings. The summed E-state index contributed by atoms with van der Waals surface area (Å²) in [5.74, 6) is -0.401. The van der Waals surface area contributed by atoms with E-state index in [0.29, 0.717) is 41.7 Å². The molecule has 0 atom stereocenters. The van der Waals surface area contributed by atoms with Gasteiger partial charge < -0.3 is 14.7 Å². The van der Waals surface area contributed by atoms with Gasteiger partial charge in [0.2, 0.25) is 0 Å². The Kier molecular flexibility index (Phi) is 5.91. The Morgan fingerprint density at radius 2 is 1.95 bits per heavy atom. The Morgan fingerprint density at radius 1 is 1.27 bits per heavy atom. The highest BCUT2D eigenvalue weighted by Gasteiger charge is 2.24. The standard InChI is InChI=1S/C15H17Cl2NO4/c16-11-1-2-12(17)13(8-11)22-9-14(19)18-5-3-10(4-6-18)7-15(20)21/h1-2,8,10H,3-7,9H2,(H,20,21). The molecule has 0 radical (unpaired) electrons. The molecule has 0 unspecified atom stereocenters. The number of halogens is 2. The average molecular weight is 346 g/mol. The van der Waals surface area contributed by atoms with Gasteiger partial charge in [0, 0.05) is 30.6 Å². The lowest BCUT2D eigenvalue weighted by atomic mass is 9.94. The second-order valence-corrected chi connectivity index (χ2v) is 6.13. The number of carbonyl (C=O) groups is 2. The van der Waals surface area contributed by atoms with Crippen molar-refractivity contribution in [2.45, 2.75) is 19.3 Å². The van der Waals surface area contributed by atoms with Gasteiger partial charge in [-0.1, -0.05) is 23.2 Å². The van der Waals surface area contributed by atoms with E-state index in [1.54, 1.807) is 23.1 Å². The molecular weight excluding hydrogens is 329 g/mol. The van der Waals surface area contributed by atoms with E-state index in [-0.39, 0.29) is 24.9 Å². The summed E-state index contributed by atoms with van der Waals surface area (Å²) in [4.78, 5) is 24.5. The molecule has 0 aromatic heterocycles. The van der Waals surface area contributed by atoms with Crippen LogP contribution in [0.15, 0.2) is 18.2 Å². The molecule has 0 aliphatic carbocycles. The minimum absolute atomic E-state index is 0.107. The van der Waals surface area contributed by atoms with Gasteiger partial charge >= 0.3 is 5.97 Å². The number of aliphatic carboxylic acids is 1. The first-order chi connectivity index (χ1) is 10.5. The molecule has 1 aliphatic heterocycles. The number of benzene rings is 1. The Labute approximate surface area is 138 Å². The van der Waals surface area contributed by atoms with Crippen molar-refractivity contribution in [2.24, 2.45) is 5.92 Å². The number of rotatable bonds is 5. The predicted molar refractivity (Wildman–Crippen MR) is 83.5 cm³/mol. The summed E-state index contributed by atoms with van der Waals surface area (Å²) in [5, 5.41) is 9.66. The van der Waals surface area contributed by atoms with Crippen LogP contribution in [0, 0.1) is 5.92 Å². The fraction of sp³-hybridized carbons (Fsp3) is 0.467. The number of nitrogens with zero attached hydrogens (tertiary/aromatic N) is 1. The van der Waals surface area contributed by atoms with Gasteiger partial charge in [0.05, 0.1) is 5.02 Å². The van der Waals surface area contributed by atoms with E-state index in [2.05, 4.69) is 0 Å². The van der Waals surface area contributed by atoms with E-state index < -0.39 is 5.97 Å². The van der Waals surface area contributed by atoms with Crippen molar-refractivity contribution in [3.8, 4) is 5.75 Å². The van der Waals surface area contributed by atoms with Crippen molar-refractivity contribution in [1.82, 2.24) is 4.90 Å². The average Bonchev–Trinajstić information content (AvgIpc) is 2.48. The molecule has 1 fully saturated rings. The fourth-order valence-corrected chi connectivity index (χ4v) is 2.79. The lowest BCUT2D eigenvalue weighted by Crippen LogP contribution is -2.41. The third-order valence-corrected chi connectivity index (χ3v) is 4.22.